The summed E-state index contributed by atoms with van der Waals surface area (Å²) in [4.78, 5) is 11.2. The van der Waals surface area contributed by atoms with Crippen molar-refractivity contribution in [2.24, 2.45) is 0 Å². The first kappa shape index (κ1) is 15.4. The quantitative estimate of drug-likeness (QED) is 0.621. The molecule has 0 radical (unpaired) electrons. The summed E-state index contributed by atoms with van der Waals surface area (Å²) in [6, 6.07) is 0.385. The smallest absolute Gasteiger partial charge is 0.315 e. The van der Waals surface area contributed by atoms with Crippen LogP contribution < -0.4 is 16.0 Å². The molecule has 1 amide bonds. The Hall–Kier alpha value is -1.63. The number of amides is 1. The predicted octanol–water partition coefficient (Wildman–Crippen LogP) is 1.07. The summed E-state index contributed by atoms with van der Waals surface area (Å²) in [5, 5.41) is 16.8. The Balaban J connectivity index is 2.32. The largest absolute Gasteiger partial charge is 0.406 e. The van der Waals surface area contributed by atoms with E-state index in [0.29, 0.717) is 31.4 Å². The van der Waals surface area contributed by atoms with Crippen molar-refractivity contribution in [1.29, 1.82) is 0 Å². The van der Waals surface area contributed by atoms with Crippen LogP contribution in [0.25, 0.3) is 0 Å². The molecule has 1 aromatic rings. The first-order chi connectivity index (χ1) is 9.17. The maximum absolute atomic E-state index is 11.2. The molecule has 7 heteroatoms. The monoisotopic (exact) mass is 269 g/mol. The lowest BCUT2D eigenvalue weighted by Crippen LogP contribution is -2.24. The number of hydrogen-bond acceptors (Lipinski definition) is 6. The van der Waals surface area contributed by atoms with Crippen LogP contribution in [0.4, 0.5) is 6.01 Å². The van der Waals surface area contributed by atoms with E-state index in [1.54, 1.807) is 0 Å². The van der Waals surface area contributed by atoms with Gasteiger partial charge in [0.25, 0.3) is 0 Å². The molecule has 1 unspecified atom stereocenters. The average molecular weight is 269 g/mol. The highest BCUT2D eigenvalue weighted by molar-refractivity contribution is 5.76. The molecule has 1 rings (SSSR count). The zero-order valence-corrected chi connectivity index (χ0v) is 11.8. The highest BCUT2D eigenvalue weighted by Gasteiger charge is 2.12. The topological polar surface area (TPSA) is 92.1 Å². The lowest BCUT2D eigenvalue weighted by molar-refractivity contribution is -0.120. The number of carbonyl (C=O) groups excluding carboxylic acids is 1. The van der Waals surface area contributed by atoms with Gasteiger partial charge in [0, 0.05) is 19.5 Å². The van der Waals surface area contributed by atoms with Gasteiger partial charge in [-0.2, -0.15) is 0 Å². The van der Waals surface area contributed by atoms with Crippen LogP contribution in [0, 0.1) is 0 Å². The Labute approximate surface area is 113 Å². The van der Waals surface area contributed by atoms with Gasteiger partial charge < -0.3 is 20.4 Å². The Kier molecular flexibility index (Phi) is 6.88. The molecule has 0 aliphatic rings. The molecule has 0 aliphatic carbocycles. The van der Waals surface area contributed by atoms with Crippen LogP contribution in [0.1, 0.15) is 45.5 Å². The minimum atomic E-state index is 0.00715. The summed E-state index contributed by atoms with van der Waals surface area (Å²) in [5.74, 6) is 0.557. The van der Waals surface area contributed by atoms with Gasteiger partial charge in [-0.25, -0.2) is 0 Å². The third-order valence-corrected chi connectivity index (χ3v) is 2.51. The summed E-state index contributed by atoms with van der Waals surface area (Å²) in [7, 11) is 0. The summed E-state index contributed by atoms with van der Waals surface area (Å²) < 4.78 is 5.46. The van der Waals surface area contributed by atoms with Crippen LogP contribution in [0.2, 0.25) is 0 Å². The zero-order chi connectivity index (χ0) is 14.1. The van der Waals surface area contributed by atoms with Crippen LogP contribution in [0.3, 0.4) is 0 Å². The van der Waals surface area contributed by atoms with Crippen molar-refractivity contribution in [3.8, 4) is 0 Å². The van der Waals surface area contributed by atoms with Crippen molar-refractivity contribution >= 4 is 11.9 Å². The average Bonchev–Trinajstić information content (AvgIpc) is 2.85. The highest BCUT2D eigenvalue weighted by atomic mass is 16.4. The van der Waals surface area contributed by atoms with Gasteiger partial charge in [0.2, 0.25) is 11.8 Å². The van der Waals surface area contributed by atoms with E-state index in [4.69, 9.17) is 4.42 Å². The van der Waals surface area contributed by atoms with Gasteiger partial charge in [-0.1, -0.05) is 12.0 Å². The van der Waals surface area contributed by atoms with Gasteiger partial charge >= 0.3 is 6.01 Å². The lowest BCUT2D eigenvalue weighted by atomic mass is 10.3. The molecule has 19 heavy (non-hydrogen) atoms. The number of carbonyl (C=O) groups is 1. The third-order valence-electron chi connectivity index (χ3n) is 2.51. The third kappa shape index (κ3) is 5.69. The minimum Gasteiger partial charge on any atom is -0.406 e. The lowest BCUT2D eigenvalue weighted by Gasteiger charge is -2.07. The van der Waals surface area contributed by atoms with Gasteiger partial charge in [-0.3, -0.25) is 4.79 Å². The van der Waals surface area contributed by atoms with Crippen molar-refractivity contribution in [1.82, 2.24) is 20.8 Å². The molecule has 0 aliphatic heterocycles. The van der Waals surface area contributed by atoms with Crippen molar-refractivity contribution in [3.63, 3.8) is 0 Å². The van der Waals surface area contributed by atoms with Gasteiger partial charge in [-0.15, -0.1) is 5.10 Å². The van der Waals surface area contributed by atoms with E-state index in [9.17, 15) is 4.79 Å². The fraction of sp³-hybridized carbons (Fsp3) is 0.750. The van der Waals surface area contributed by atoms with Crippen molar-refractivity contribution in [2.45, 2.75) is 39.7 Å². The van der Waals surface area contributed by atoms with Crippen molar-refractivity contribution in [3.05, 3.63) is 5.89 Å². The maximum atomic E-state index is 11.2. The number of nitrogens with zero attached hydrogens (tertiary/aromatic N) is 2. The van der Waals surface area contributed by atoms with Crippen LogP contribution in [0.15, 0.2) is 4.42 Å². The zero-order valence-electron chi connectivity index (χ0n) is 11.8. The molecule has 108 valence electrons. The molecular formula is C12H23N5O2. The summed E-state index contributed by atoms with van der Waals surface area (Å²) >= 11 is 0. The van der Waals surface area contributed by atoms with E-state index in [-0.39, 0.29) is 11.9 Å². The maximum Gasteiger partial charge on any atom is 0.315 e. The Morgan fingerprint density at radius 2 is 2.11 bits per heavy atom. The van der Waals surface area contributed by atoms with E-state index in [2.05, 4.69) is 33.1 Å². The molecule has 0 spiro atoms. The number of aromatic nitrogens is 2. The molecule has 0 saturated carbocycles. The Morgan fingerprint density at radius 3 is 2.79 bits per heavy atom. The summed E-state index contributed by atoms with van der Waals surface area (Å²) in [5.41, 5.74) is 0. The Morgan fingerprint density at radius 1 is 1.32 bits per heavy atom. The standard InChI is InChI=1S/C12H23N5O2/c1-4-7-14-9(3)11-16-17-12(19-11)15-8-6-10(18)13-5-2/h9,14H,4-8H2,1-3H3,(H,13,18)(H,15,17). The van der Waals surface area contributed by atoms with Crippen LogP contribution in [-0.4, -0.2) is 35.7 Å². The molecule has 7 nitrogen and oxygen atoms in total. The van der Waals surface area contributed by atoms with Crippen LogP contribution in [0.5, 0.6) is 0 Å². The van der Waals surface area contributed by atoms with Crippen molar-refractivity contribution in [2.75, 3.05) is 25.0 Å². The normalized spacial score (nSPS) is 12.2. The highest BCUT2D eigenvalue weighted by Crippen LogP contribution is 2.13. The molecule has 1 aromatic heterocycles. The van der Waals surface area contributed by atoms with Gasteiger partial charge in [0.05, 0.1) is 6.04 Å². The fourth-order valence-corrected chi connectivity index (χ4v) is 1.50. The molecule has 1 heterocycles. The van der Waals surface area contributed by atoms with Gasteiger partial charge in [0.15, 0.2) is 0 Å². The van der Waals surface area contributed by atoms with E-state index < -0.39 is 0 Å². The molecule has 0 bridgehead atoms. The van der Waals surface area contributed by atoms with E-state index in [1.165, 1.54) is 0 Å². The van der Waals surface area contributed by atoms with Gasteiger partial charge in [-0.05, 0) is 26.8 Å². The fourth-order valence-electron chi connectivity index (χ4n) is 1.50. The van der Waals surface area contributed by atoms with Crippen LogP contribution in [-0.2, 0) is 4.79 Å². The first-order valence-electron chi connectivity index (χ1n) is 6.74. The second-order valence-corrected chi connectivity index (χ2v) is 4.25. The molecule has 0 fully saturated rings. The predicted molar refractivity (Wildman–Crippen MR) is 72.8 cm³/mol. The summed E-state index contributed by atoms with van der Waals surface area (Å²) in [6.07, 6.45) is 1.44. The number of anilines is 1. The SMILES string of the molecule is CCCNC(C)c1nnc(NCCC(=O)NCC)o1. The number of rotatable bonds is 9. The second-order valence-electron chi connectivity index (χ2n) is 4.25. The second kappa shape index (κ2) is 8.47. The molecular weight excluding hydrogens is 246 g/mol. The summed E-state index contributed by atoms with van der Waals surface area (Å²) in [6.45, 7) is 7.99. The van der Waals surface area contributed by atoms with Gasteiger partial charge in [0.1, 0.15) is 0 Å². The Bertz CT molecular complexity index is 380. The van der Waals surface area contributed by atoms with E-state index >= 15 is 0 Å². The van der Waals surface area contributed by atoms with Crippen molar-refractivity contribution < 1.29 is 9.21 Å². The van der Waals surface area contributed by atoms with E-state index in [0.717, 1.165) is 13.0 Å². The number of nitrogens with one attached hydrogen (secondary N) is 3. The molecule has 3 N–H and O–H groups in total. The minimum absolute atomic E-state index is 0.00715. The molecule has 1 atom stereocenters. The first-order valence-corrected chi connectivity index (χ1v) is 6.74. The molecule has 0 aromatic carbocycles. The van der Waals surface area contributed by atoms with E-state index in [1.807, 2.05) is 13.8 Å². The number of hydrogen-bond donors (Lipinski definition) is 3. The molecule has 0 saturated heterocycles. The van der Waals surface area contributed by atoms with Crippen LogP contribution >= 0.6 is 0 Å².